The van der Waals surface area contributed by atoms with Gasteiger partial charge < -0.3 is 15.2 Å². The molecule has 1 aliphatic heterocycles. The van der Waals surface area contributed by atoms with Crippen LogP contribution in [0.1, 0.15) is 65.4 Å². The summed E-state index contributed by atoms with van der Waals surface area (Å²) in [6.45, 7) is 5.06. The molecule has 150 valence electrons. The van der Waals surface area contributed by atoms with Gasteiger partial charge in [-0.15, -0.1) is 0 Å². The molecule has 2 fully saturated rings. The van der Waals surface area contributed by atoms with Gasteiger partial charge in [-0.3, -0.25) is 4.79 Å². The minimum absolute atomic E-state index is 0.130. The molecule has 1 aromatic heterocycles. The maximum absolute atomic E-state index is 12.5. The largest absolute Gasteiger partial charge is 0.360 e. The standard InChI is InChI=1S/C23H31N3O2/c1-16-2-4-17(5-3-16)12-20(24)15-26-10-8-18(9-11-26)13-22(27)21-14-23(28-25-21)19-6-7-19/h2-5,14,18-20H,6-13,15,24H2,1H3/t20-/m0/s1. The molecule has 1 atom stereocenters. The van der Waals surface area contributed by atoms with Crippen molar-refractivity contribution in [3.8, 4) is 0 Å². The maximum Gasteiger partial charge on any atom is 0.185 e. The molecule has 1 saturated heterocycles. The Labute approximate surface area is 167 Å². The molecular formula is C23H31N3O2. The van der Waals surface area contributed by atoms with E-state index in [4.69, 9.17) is 10.3 Å². The number of nitrogens with zero attached hydrogens (tertiary/aromatic N) is 2. The molecule has 0 unspecified atom stereocenters. The van der Waals surface area contributed by atoms with Gasteiger partial charge in [0, 0.05) is 31.0 Å². The Bertz CT molecular complexity index is 786. The van der Waals surface area contributed by atoms with E-state index in [0.29, 0.717) is 24.0 Å². The van der Waals surface area contributed by atoms with Crippen LogP contribution < -0.4 is 5.73 Å². The lowest BCUT2D eigenvalue weighted by atomic mass is 9.90. The summed E-state index contributed by atoms with van der Waals surface area (Å²) < 4.78 is 5.32. The number of rotatable bonds is 8. The summed E-state index contributed by atoms with van der Waals surface area (Å²) in [5.41, 5.74) is 9.48. The predicted molar refractivity (Wildman–Crippen MR) is 109 cm³/mol. The zero-order valence-corrected chi connectivity index (χ0v) is 16.8. The number of piperidine rings is 1. The number of hydrogen-bond donors (Lipinski definition) is 1. The van der Waals surface area contributed by atoms with Crippen molar-refractivity contribution >= 4 is 5.78 Å². The number of hydrogen-bond acceptors (Lipinski definition) is 5. The monoisotopic (exact) mass is 381 g/mol. The molecule has 2 aliphatic rings. The van der Waals surface area contributed by atoms with E-state index in [0.717, 1.165) is 57.5 Å². The fraction of sp³-hybridized carbons (Fsp3) is 0.565. The average Bonchev–Trinajstić information content (AvgIpc) is 3.41. The molecule has 28 heavy (non-hydrogen) atoms. The molecule has 2 N–H and O–H groups in total. The average molecular weight is 382 g/mol. The molecule has 2 aromatic rings. The van der Waals surface area contributed by atoms with Gasteiger partial charge in [0.25, 0.3) is 0 Å². The van der Waals surface area contributed by atoms with Crippen LogP contribution in [0.5, 0.6) is 0 Å². The van der Waals surface area contributed by atoms with Gasteiger partial charge in [0.15, 0.2) is 5.78 Å². The first-order valence-electron chi connectivity index (χ1n) is 10.6. The molecular weight excluding hydrogens is 350 g/mol. The van der Waals surface area contributed by atoms with E-state index in [1.54, 1.807) is 0 Å². The molecule has 1 aromatic carbocycles. The van der Waals surface area contributed by atoms with E-state index in [9.17, 15) is 4.79 Å². The Morgan fingerprint density at radius 2 is 1.93 bits per heavy atom. The first-order chi connectivity index (χ1) is 13.6. The van der Waals surface area contributed by atoms with Gasteiger partial charge in [-0.2, -0.15) is 0 Å². The number of ketones is 1. The number of carbonyl (C=O) groups excluding carboxylic acids is 1. The zero-order valence-electron chi connectivity index (χ0n) is 16.8. The number of nitrogens with two attached hydrogens (primary N) is 1. The molecule has 4 rings (SSSR count). The number of aryl methyl sites for hydroxylation is 1. The predicted octanol–water partition coefficient (Wildman–Crippen LogP) is 3.72. The van der Waals surface area contributed by atoms with Crippen LogP contribution in [0.2, 0.25) is 0 Å². The van der Waals surface area contributed by atoms with Crippen LogP contribution in [0.3, 0.4) is 0 Å². The Hall–Kier alpha value is -1.98. The van der Waals surface area contributed by atoms with Crippen molar-refractivity contribution in [2.75, 3.05) is 19.6 Å². The number of Topliss-reactive ketones (excluding diaryl/α,β-unsaturated/α-hetero) is 1. The highest BCUT2D eigenvalue weighted by atomic mass is 16.5. The minimum atomic E-state index is 0.130. The Morgan fingerprint density at radius 3 is 2.61 bits per heavy atom. The second-order valence-electron chi connectivity index (χ2n) is 8.71. The molecule has 1 aliphatic carbocycles. The number of carbonyl (C=O) groups is 1. The van der Waals surface area contributed by atoms with Crippen LogP contribution in [-0.2, 0) is 6.42 Å². The lowest BCUT2D eigenvalue weighted by Gasteiger charge is -2.33. The third kappa shape index (κ3) is 5.09. The highest BCUT2D eigenvalue weighted by Crippen LogP contribution is 2.40. The summed E-state index contributed by atoms with van der Waals surface area (Å²) >= 11 is 0. The highest BCUT2D eigenvalue weighted by Gasteiger charge is 2.30. The summed E-state index contributed by atoms with van der Waals surface area (Å²) in [5.74, 6) is 1.96. The van der Waals surface area contributed by atoms with Gasteiger partial charge in [-0.05, 0) is 63.6 Å². The van der Waals surface area contributed by atoms with E-state index in [1.165, 1.54) is 11.1 Å². The second-order valence-corrected chi connectivity index (χ2v) is 8.71. The van der Waals surface area contributed by atoms with Crippen molar-refractivity contribution in [1.29, 1.82) is 0 Å². The van der Waals surface area contributed by atoms with Crippen LogP contribution in [0.25, 0.3) is 0 Å². The van der Waals surface area contributed by atoms with Crippen molar-refractivity contribution in [3.05, 3.63) is 52.9 Å². The molecule has 0 radical (unpaired) electrons. The SMILES string of the molecule is Cc1ccc(C[C@H](N)CN2CCC(CC(=O)c3cc(C4CC4)on3)CC2)cc1. The van der Waals surface area contributed by atoms with Gasteiger partial charge in [0.1, 0.15) is 11.5 Å². The van der Waals surface area contributed by atoms with E-state index in [2.05, 4.69) is 41.2 Å². The smallest absolute Gasteiger partial charge is 0.185 e. The van der Waals surface area contributed by atoms with Crippen molar-refractivity contribution in [3.63, 3.8) is 0 Å². The number of likely N-dealkylation sites (tertiary alicyclic amines) is 1. The van der Waals surface area contributed by atoms with Gasteiger partial charge >= 0.3 is 0 Å². The van der Waals surface area contributed by atoms with Gasteiger partial charge in [-0.25, -0.2) is 0 Å². The third-order valence-corrected chi connectivity index (χ3v) is 6.09. The third-order valence-electron chi connectivity index (χ3n) is 6.09. The molecule has 5 nitrogen and oxygen atoms in total. The topological polar surface area (TPSA) is 72.4 Å². The summed E-state index contributed by atoms with van der Waals surface area (Å²) in [6, 6.07) is 10.6. The van der Waals surface area contributed by atoms with E-state index >= 15 is 0 Å². The molecule has 0 spiro atoms. The first-order valence-corrected chi connectivity index (χ1v) is 10.6. The quantitative estimate of drug-likeness (QED) is 0.706. The molecule has 5 heteroatoms. The van der Waals surface area contributed by atoms with Crippen molar-refractivity contribution < 1.29 is 9.32 Å². The maximum atomic E-state index is 12.5. The molecule has 0 amide bonds. The summed E-state index contributed by atoms with van der Waals surface area (Å²) in [6.07, 6.45) is 5.92. The van der Waals surface area contributed by atoms with Crippen molar-refractivity contribution in [2.45, 2.75) is 57.4 Å². The number of aromatic nitrogens is 1. The van der Waals surface area contributed by atoms with Crippen molar-refractivity contribution in [2.24, 2.45) is 11.7 Å². The van der Waals surface area contributed by atoms with Crippen LogP contribution in [0.4, 0.5) is 0 Å². The lowest BCUT2D eigenvalue weighted by molar-refractivity contribution is 0.0916. The first kappa shape index (κ1) is 19.3. The van der Waals surface area contributed by atoms with Gasteiger partial charge in [0.05, 0.1) is 0 Å². The molecule has 2 heterocycles. The van der Waals surface area contributed by atoms with Crippen LogP contribution in [0, 0.1) is 12.8 Å². The Balaban J connectivity index is 1.19. The van der Waals surface area contributed by atoms with E-state index < -0.39 is 0 Å². The van der Waals surface area contributed by atoms with Crippen LogP contribution in [-0.4, -0.2) is 41.5 Å². The fourth-order valence-corrected chi connectivity index (χ4v) is 4.14. The molecule has 0 bridgehead atoms. The zero-order chi connectivity index (χ0) is 19.5. The fourth-order valence-electron chi connectivity index (χ4n) is 4.14. The Morgan fingerprint density at radius 1 is 1.21 bits per heavy atom. The van der Waals surface area contributed by atoms with Crippen LogP contribution in [0.15, 0.2) is 34.9 Å². The van der Waals surface area contributed by atoms with E-state index in [-0.39, 0.29) is 11.8 Å². The second kappa shape index (κ2) is 8.58. The normalized spacial score (nSPS) is 19.6. The summed E-state index contributed by atoms with van der Waals surface area (Å²) in [4.78, 5) is 14.9. The lowest BCUT2D eigenvalue weighted by Crippen LogP contribution is -2.43. The Kier molecular flexibility index (Phi) is 5.93. The molecule has 1 saturated carbocycles. The van der Waals surface area contributed by atoms with Gasteiger partial charge in [-0.1, -0.05) is 35.0 Å². The summed E-state index contributed by atoms with van der Waals surface area (Å²) in [7, 11) is 0. The number of benzene rings is 1. The van der Waals surface area contributed by atoms with Gasteiger partial charge in [0.2, 0.25) is 0 Å². The van der Waals surface area contributed by atoms with Crippen molar-refractivity contribution in [1.82, 2.24) is 10.1 Å². The highest BCUT2D eigenvalue weighted by molar-refractivity contribution is 5.94. The minimum Gasteiger partial charge on any atom is -0.360 e. The summed E-state index contributed by atoms with van der Waals surface area (Å²) in [5, 5.41) is 3.99. The van der Waals surface area contributed by atoms with E-state index in [1.807, 2.05) is 6.07 Å². The van der Waals surface area contributed by atoms with Crippen LogP contribution >= 0.6 is 0 Å².